The third-order valence-electron chi connectivity index (χ3n) is 9.15. The lowest BCUT2D eigenvalue weighted by atomic mass is 9.95. The van der Waals surface area contributed by atoms with Gasteiger partial charge in [0.05, 0.1) is 18.4 Å². The Morgan fingerprint density at radius 3 is 1.74 bits per heavy atom. The minimum Gasteiger partial charge on any atom is -0.481 e. The number of esters is 1. The molecular formula is C45H49Cl3N2O8. The van der Waals surface area contributed by atoms with E-state index in [1.165, 1.54) is 12.1 Å². The van der Waals surface area contributed by atoms with Gasteiger partial charge in [-0.25, -0.2) is 0 Å². The summed E-state index contributed by atoms with van der Waals surface area (Å²) in [5, 5.41) is 22.4. The van der Waals surface area contributed by atoms with Crippen molar-refractivity contribution < 1.29 is 38.5 Å². The Labute approximate surface area is 355 Å². The molecule has 4 aromatic carbocycles. The average Bonchev–Trinajstić information content (AvgIpc) is 3.64. The molecule has 1 amide bonds. The largest absolute Gasteiger partial charge is 0.481 e. The molecule has 5 aromatic rings. The minimum absolute atomic E-state index is 0. The van der Waals surface area contributed by atoms with Crippen LogP contribution in [0.4, 0.5) is 0 Å². The fraction of sp³-hybridized carbons (Fsp3) is 0.289. The third kappa shape index (κ3) is 15.3. The smallest absolute Gasteiger partial charge is 0.311 e. The highest BCUT2D eigenvalue weighted by molar-refractivity contribution is 6.31. The van der Waals surface area contributed by atoms with E-state index >= 15 is 0 Å². The van der Waals surface area contributed by atoms with Crippen LogP contribution in [0.15, 0.2) is 114 Å². The second kappa shape index (κ2) is 23.3. The van der Waals surface area contributed by atoms with Crippen LogP contribution in [-0.4, -0.2) is 52.7 Å². The number of carboxylic acids is 2. The number of hydrogen-bond donors (Lipinski definition) is 4. The van der Waals surface area contributed by atoms with E-state index in [9.17, 15) is 24.3 Å². The van der Waals surface area contributed by atoms with Crippen molar-refractivity contribution in [2.45, 2.75) is 65.0 Å². The Morgan fingerprint density at radius 1 is 0.724 bits per heavy atom. The summed E-state index contributed by atoms with van der Waals surface area (Å²) in [4.78, 5) is 46.5. The monoisotopic (exact) mass is 850 g/mol. The van der Waals surface area contributed by atoms with Gasteiger partial charge < -0.3 is 30.4 Å². The number of rotatable bonds is 17. The van der Waals surface area contributed by atoms with E-state index in [2.05, 4.69) is 29.6 Å². The van der Waals surface area contributed by atoms with Crippen LogP contribution < -0.4 is 11.1 Å². The molecule has 4 atom stereocenters. The summed E-state index contributed by atoms with van der Waals surface area (Å²) < 4.78 is 10.3. The summed E-state index contributed by atoms with van der Waals surface area (Å²) in [6, 6.07) is 33.7. The Morgan fingerprint density at radius 2 is 1.26 bits per heavy atom. The topological polar surface area (TPSA) is 169 Å². The van der Waals surface area contributed by atoms with Gasteiger partial charge in [-0.3, -0.25) is 19.2 Å². The zero-order valence-corrected chi connectivity index (χ0v) is 34.9. The number of hydrogen-bond acceptors (Lipinski definition) is 7. The van der Waals surface area contributed by atoms with Crippen molar-refractivity contribution in [3.8, 4) is 22.3 Å². The molecule has 0 aliphatic carbocycles. The highest BCUT2D eigenvalue weighted by Gasteiger charge is 2.23. The van der Waals surface area contributed by atoms with E-state index in [4.69, 9.17) is 43.2 Å². The normalized spacial score (nSPS) is 12.7. The Bertz CT molecular complexity index is 2100. The number of carboxylic acid groups (broad SMARTS) is 2. The van der Waals surface area contributed by atoms with E-state index in [1.807, 2.05) is 80.6 Å². The van der Waals surface area contributed by atoms with Crippen molar-refractivity contribution in [1.82, 2.24) is 5.32 Å². The van der Waals surface area contributed by atoms with Gasteiger partial charge in [0.1, 0.15) is 12.2 Å². The maximum Gasteiger partial charge on any atom is 0.311 e. The zero-order chi connectivity index (χ0) is 41.5. The predicted octanol–water partition coefficient (Wildman–Crippen LogP) is 9.57. The van der Waals surface area contributed by atoms with Gasteiger partial charge in [0.2, 0.25) is 0 Å². The quantitative estimate of drug-likeness (QED) is 0.0666. The number of ether oxygens (including phenoxy) is 1. The van der Waals surface area contributed by atoms with E-state index in [1.54, 1.807) is 13.0 Å². The first-order valence-corrected chi connectivity index (χ1v) is 19.4. The van der Waals surface area contributed by atoms with Gasteiger partial charge in [-0.2, -0.15) is 0 Å². The summed E-state index contributed by atoms with van der Waals surface area (Å²) in [5.41, 5.74) is 12.4. The van der Waals surface area contributed by atoms with E-state index in [0.29, 0.717) is 24.5 Å². The first-order valence-electron chi connectivity index (χ1n) is 18.7. The molecule has 308 valence electrons. The Balaban J connectivity index is 0.000000320. The van der Waals surface area contributed by atoms with Gasteiger partial charge in [0, 0.05) is 22.1 Å². The number of nitrogens with one attached hydrogen (secondary N) is 1. The molecule has 5 rings (SSSR count). The maximum atomic E-state index is 12.7. The highest BCUT2D eigenvalue weighted by Crippen LogP contribution is 2.25. The number of benzene rings is 4. The fourth-order valence-corrected chi connectivity index (χ4v) is 6.61. The fourth-order valence-electron chi connectivity index (χ4n) is 6.23. The molecule has 0 spiro atoms. The van der Waals surface area contributed by atoms with Crippen molar-refractivity contribution in [3.05, 3.63) is 142 Å². The number of aliphatic carboxylic acids is 2. The van der Waals surface area contributed by atoms with Crippen molar-refractivity contribution in [1.29, 1.82) is 0 Å². The van der Waals surface area contributed by atoms with Crippen LogP contribution in [0.5, 0.6) is 0 Å². The van der Waals surface area contributed by atoms with E-state index in [-0.39, 0.29) is 54.7 Å². The number of furan rings is 1. The minimum atomic E-state index is -1.06. The number of nitrogens with two attached hydrogens (primary N) is 1. The summed E-state index contributed by atoms with van der Waals surface area (Å²) in [7, 11) is 0. The summed E-state index contributed by atoms with van der Waals surface area (Å²) in [5.74, 6) is -3.41. The number of amides is 1. The maximum absolute atomic E-state index is 12.7. The SMILES string of the molecule is CCOC(=O)[C@H](C)C[C@H](N)Cc1ccc(-c2cccc(Cl)c2)cc1.C[C@H](C[C@@H](Cc1ccc(-c2cccc(Cl)c2)cc1)NC(=O)c1ccc(CC(=O)O)o1)C(=O)O.Cl. The third-order valence-corrected chi connectivity index (χ3v) is 9.62. The van der Waals surface area contributed by atoms with Crippen LogP contribution in [-0.2, 0) is 38.4 Å². The lowest BCUT2D eigenvalue weighted by Crippen LogP contribution is -2.38. The summed E-state index contributed by atoms with van der Waals surface area (Å²) in [6.45, 7) is 5.66. The average molecular weight is 852 g/mol. The molecule has 1 heterocycles. The Kier molecular flexibility index (Phi) is 19.0. The molecular weight excluding hydrogens is 803 g/mol. The van der Waals surface area contributed by atoms with Crippen LogP contribution in [0.1, 0.15) is 61.1 Å². The molecule has 0 aliphatic heterocycles. The lowest BCUT2D eigenvalue weighted by molar-refractivity contribution is -0.147. The number of halogens is 3. The summed E-state index contributed by atoms with van der Waals surface area (Å²) in [6.07, 6.45) is 1.67. The van der Waals surface area contributed by atoms with Crippen LogP contribution in [0.2, 0.25) is 10.0 Å². The second-order valence-electron chi connectivity index (χ2n) is 14.0. The molecule has 0 bridgehead atoms. The zero-order valence-electron chi connectivity index (χ0n) is 32.5. The first-order chi connectivity index (χ1) is 27.2. The molecule has 58 heavy (non-hydrogen) atoms. The Hall–Kier alpha value is -5.13. The van der Waals surface area contributed by atoms with Crippen LogP contribution >= 0.6 is 35.6 Å². The molecule has 0 saturated heterocycles. The van der Waals surface area contributed by atoms with Gasteiger partial charge in [0.15, 0.2) is 5.76 Å². The van der Waals surface area contributed by atoms with Gasteiger partial charge in [-0.15, -0.1) is 12.4 Å². The van der Waals surface area contributed by atoms with Gasteiger partial charge >= 0.3 is 17.9 Å². The standard InChI is InChI=1S/C25H24ClNO6.C20H24ClNO2.ClH/c1-15(25(31)32)11-20(27-24(30)22-10-9-21(33-22)14-23(28)29)12-16-5-7-17(8-6-16)18-3-2-4-19(26)13-18;1-3-24-20(23)14(2)11-19(22)12-15-7-9-16(10-8-15)17-5-4-6-18(21)13-17;/h2-10,13,15,20H,11-12,14H2,1H3,(H,27,30)(H,28,29)(H,31,32);4-10,13-14,19H,3,11-12,22H2,1-2H3;1H/t15-,20+;14-,19+;/m11./s1. The molecule has 1 aromatic heterocycles. The van der Waals surface area contributed by atoms with Gasteiger partial charge in [-0.05, 0) is 102 Å². The van der Waals surface area contributed by atoms with Crippen LogP contribution in [0, 0.1) is 11.8 Å². The van der Waals surface area contributed by atoms with Gasteiger partial charge in [-0.1, -0.05) is 110 Å². The molecule has 0 radical (unpaired) electrons. The van der Waals surface area contributed by atoms with Crippen LogP contribution in [0.3, 0.4) is 0 Å². The first kappa shape index (κ1) is 47.2. The molecule has 5 N–H and O–H groups in total. The van der Waals surface area contributed by atoms with E-state index in [0.717, 1.165) is 44.8 Å². The number of carbonyl (C=O) groups is 4. The molecule has 0 aliphatic rings. The molecule has 0 fully saturated rings. The summed E-state index contributed by atoms with van der Waals surface area (Å²) >= 11 is 12.1. The predicted molar refractivity (Wildman–Crippen MR) is 230 cm³/mol. The van der Waals surface area contributed by atoms with Crippen LogP contribution in [0.25, 0.3) is 22.3 Å². The van der Waals surface area contributed by atoms with E-state index < -0.39 is 29.8 Å². The highest BCUT2D eigenvalue weighted by atomic mass is 35.5. The lowest BCUT2D eigenvalue weighted by Gasteiger charge is -2.20. The molecule has 10 nitrogen and oxygen atoms in total. The molecule has 0 saturated carbocycles. The van der Waals surface area contributed by atoms with Crippen molar-refractivity contribution in [2.24, 2.45) is 17.6 Å². The van der Waals surface area contributed by atoms with Crippen molar-refractivity contribution >= 4 is 59.4 Å². The number of carbonyl (C=O) groups excluding carboxylic acids is 2. The molecule has 13 heteroatoms. The van der Waals surface area contributed by atoms with Crippen molar-refractivity contribution in [3.63, 3.8) is 0 Å². The van der Waals surface area contributed by atoms with Gasteiger partial charge in [0.25, 0.3) is 5.91 Å². The van der Waals surface area contributed by atoms with Crippen molar-refractivity contribution in [2.75, 3.05) is 6.61 Å². The second-order valence-corrected chi connectivity index (χ2v) is 14.8. The molecule has 0 unspecified atom stereocenters.